The Hall–Kier alpha value is -1.87. The Morgan fingerprint density at radius 1 is 1.35 bits per heavy atom. The molecular formula is C20H28N2O. The molecule has 1 aromatic carbocycles. The molecule has 0 aliphatic heterocycles. The number of hydrogen-bond donors (Lipinski definition) is 2. The SMILES string of the molecule is CC1=C(C=Cc2cccc(C(CCN)=NO)c2)C(C)(C)CCC1. The third-order valence-electron chi connectivity index (χ3n) is 4.71. The molecular weight excluding hydrogens is 284 g/mol. The number of oxime groups is 1. The molecule has 1 aromatic rings. The summed E-state index contributed by atoms with van der Waals surface area (Å²) in [5.41, 5.74) is 11.4. The van der Waals surface area contributed by atoms with Crippen LogP contribution in [0.25, 0.3) is 6.08 Å². The summed E-state index contributed by atoms with van der Waals surface area (Å²) in [7, 11) is 0. The lowest BCUT2D eigenvalue weighted by Gasteiger charge is -2.32. The average molecular weight is 312 g/mol. The van der Waals surface area contributed by atoms with Crippen molar-refractivity contribution in [1.82, 2.24) is 0 Å². The highest BCUT2D eigenvalue weighted by Crippen LogP contribution is 2.40. The van der Waals surface area contributed by atoms with Crippen LogP contribution in [0, 0.1) is 5.41 Å². The van der Waals surface area contributed by atoms with E-state index in [4.69, 9.17) is 10.9 Å². The van der Waals surface area contributed by atoms with Crippen molar-refractivity contribution in [2.45, 2.75) is 46.5 Å². The molecule has 1 aliphatic rings. The lowest BCUT2D eigenvalue weighted by molar-refractivity contribution is 0.318. The van der Waals surface area contributed by atoms with Gasteiger partial charge in [-0.15, -0.1) is 0 Å². The second-order valence-corrected chi connectivity index (χ2v) is 6.98. The van der Waals surface area contributed by atoms with E-state index >= 15 is 0 Å². The van der Waals surface area contributed by atoms with Crippen LogP contribution < -0.4 is 5.73 Å². The van der Waals surface area contributed by atoms with E-state index < -0.39 is 0 Å². The van der Waals surface area contributed by atoms with Crippen LogP contribution in [0.4, 0.5) is 0 Å². The van der Waals surface area contributed by atoms with Crippen LogP contribution >= 0.6 is 0 Å². The van der Waals surface area contributed by atoms with Crippen molar-refractivity contribution in [3.05, 3.63) is 52.6 Å². The van der Waals surface area contributed by atoms with E-state index in [9.17, 15) is 0 Å². The zero-order valence-electron chi connectivity index (χ0n) is 14.5. The summed E-state index contributed by atoms with van der Waals surface area (Å²) in [5.74, 6) is 0. The molecule has 124 valence electrons. The quantitative estimate of drug-likeness (QED) is 0.468. The number of allylic oxidation sites excluding steroid dienone is 3. The molecule has 0 heterocycles. The van der Waals surface area contributed by atoms with E-state index in [1.54, 1.807) is 0 Å². The monoisotopic (exact) mass is 312 g/mol. The molecule has 0 spiro atoms. The summed E-state index contributed by atoms with van der Waals surface area (Å²) in [6.07, 6.45) is 8.70. The number of nitrogens with zero attached hydrogens (tertiary/aromatic N) is 1. The first-order valence-corrected chi connectivity index (χ1v) is 8.37. The first kappa shape index (κ1) is 17.5. The van der Waals surface area contributed by atoms with Gasteiger partial charge in [0.15, 0.2) is 0 Å². The fourth-order valence-electron chi connectivity index (χ4n) is 3.40. The van der Waals surface area contributed by atoms with E-state index in [0.717, 1.165) is 11.1 Å². The van der Waals surface area contributed by atoms with E-state index in [1.807, 2.05) is 18.2 Å². The minimum Gasteiger partial charge on any atom is -0.411 e. The Labute approximate surface area is 139 Å². The van der Waals surface area contributed by atoms with Crippen molar-refractivity contribution in [2.24, 2.45) is 16.3 Å². The topological polar surface area (TPSA) is 58.6 Å². The fraction of sp³-hybridized carbons (Fsp3) is 0.450. The van der Waals surface area contributed by atoms with Gasteiger partial charge in [0.2, 0.25) is 0 Å². The summed E-state index contributed by atoms with van der Waals surface area (Å²) < 4.78 is 0. The Morgan fingerprint density at radius 3 is 2.78 bits per heavy atom. The molecule has 0 aromatic heterocycles. The van der Waals surface area contributed by atoms with Crippen molar-refractivity contribution in [1.29, 1.82) is 0 Å². The predicted octanol–water partition coefficient (Wildman–Crippen LogP) is 4.75. The number of rotatable bonds is 5. The zero-order valence-corrected chi connectivity index (χ0v) is 14.5. The molecule has 0 saturated heterocycles. The molecule has 1 aliphatic carbocycles. The first-order chi connectivity index (χ1) is 11.0. The summed E-state index contributed by atoms with van der Waals surface area (Å²) in [6, 6.07) is 8.07. The molecule has 0 bridgehead atoms. The van der Waals surface area contributed by atoms with Gasteiger partial charge in [-0.2, -0.15) is 0 Å². The molecule has 3 heteroatoms. The van der Waals surface area contributed by atoms with Crippen LogP contribution in [-0.4, -0.2) is 17.5 Å². The van der Waals surface area contributed by atoms with Crippen molar-refractivity contribution in [3.8, 4) is 0 Å². The molecule has 0 amide bonds. The average Bonchev–Trinajstić information content (AvgIpc) is 2.52. The second-order valence-electron chi connectivity index (χ2n) is 6.98. The van der Waals surface area contributed by atoms with Crippen LogP contribution in [-0.2, 0) is 0 Å². The molecule has 0 fully saturated rings. The van der Waals surface area contributed by atoms with Crippen LogP contribution in [0.15, 0.2) is 46.6 Å². The number of benzene rings is 1. The standard InChI is InChI=1S/C20H28N2O/c1-15-6-5-12-20(2,3)18(15)10-9-16-7-4-8-17(14-16)19(22-23)11-13-21/h4,7-10,14,23H,5-6,11-13,21H2,1-3H3. The summed E-state index contributed by atoms with van der Waals surface area (Å²) in [4.78, 5) is 0. The lowest BCUT2D eigenvalue weighted by atomic mass is 9.72. The highest BCUT2D eigenvalue weighted by atomic mass is 16.4. The maximum atomic E-state index is 9.15. The molecule has 0 unspecified atom stereocenters. The largest absolute Gasteiger partial charge is 0.411 e. The highest BCUT2D eigenvalue weighted by molar-refractivity contribution is 6.00. The number of hydrogen-bond acceptors (Lipinski definition) is 3. The van der Waals surface area contributed by atoms with Crippen molar-refractivity contribution >= 4 is 11.8 Å². The van der Waals surface area contributed by atoms with Gasteiger partial charge in [0.25, 0.3) is 0 Å². The minimum atomic E-state index is 0.244. The van der Waals surface area contributed by atoms with Crippen LogP contribution in [0.5, 0.6) is 0 Å². The van der Waals surface area contributed by atoms with Gasteiger partial charge >= 0.3 is 0 Å². The molecule has 0 radical (unpaired) electrons. The molecule has 3 N–H and O–H groups in total. The normalized spacial score (nSPS) is 18.7. The summed E-state index contributed by atoms with van der Waals surface area (Å²) in [5, 5.41) is 12.5. The smallest absolute Gasteiger partial charge is 0.0880 e. The lowest BCUT2D eigenvalue weighted by Crippen LogP contribution is -2.18. The van der Waals surface area contributed by atoms with Gasteiger partial charge in [-0.05, 0) is 60.9 Å². The first-order valence-electron chi connectivity index (χ1n) is 8.37. The number of nitrogens with two attached hydrogens (primary N) is 1. The molecule has 3 nitrogen and oxygen atoms in total. The van der Waals surface area contributed by atoms with Gasteiger partial charge in [-0.1, -0.05) is 54.9 Å². The Bertz CT molecular complexity index is 639. The van der Waals surface area contributed by atoms with Gasteiger partial charge in [0.1, 0.15) is 0 Å². The van der Waals surface area contributed by atoms with Gasteiger partial charge < -0.3 is 10.9 Å². The van der Waals surface area contributed by atoms with Crippen LogP contribution in [0.1, 0.15) is 57.6 Å². The maximum absolute atomic E-state index is 9.15. The van der Waals surface area contributed by atoms with Gasteiger partial charge in [-0.25, -0.2) is 0 Å². The third-order valence-corrected chi connectivity index (χ3v) is 4.71. The predicted molar refractivity (Wildman–Crippen MR) is 97.8 cm³/mol. The van der Waals surface area contributed by atoms with Crippen molar-refractivity contribution < 1.29 is 5.21 Å². The van der Waals surface area contributed by atoms with Crippen molar-refractivity contribution in [3.63, 3.8) is 0 Å². The van der Waals surface area contributed by atoms with E-state index in [0.29, 0.717) is 18.7 Å². The Kier molecular flexibility index (Phi) is 5.78. The van der Waals surface area contributed by atoms with Gasteiger partial charge in [-0.3, -0.25) is 0 Å². The maximum Gasteiger partial charge on any atom is 0.0880 e. The summed E-state index contributed by atoms with van der Waals surface area (Å²) >= 11 is 0. The van der Waals surface area contributed by atoms with Gasteiger partial charge in [0.05, 0.1) is 5.71 Å². The Morgan fingerprint density at radius 2 is 2.13 bits per heavy atom. The molecule has 0 atom stereocenters. The minimum absolute atomic E-state index is 0.244. The van der Waals surface area contributed by atoms with Gasteiger partial charge in [0, 0.05) is 6.42 Å². The van der Waals surface area contributed by atoms with Crippen LogP contribution in [0.2, 0.25) is 0 Å². The molecule has 2 rings (SSSR count). The molecule has 0 saturated carbocycles. The van der Waals surface area contributed by atoms with E-state index in [-0.39, 0.29) is 5.41 Å². The zero-order chi connectivity index (χ0) is 16.9. The Balaban J connectivity index is 2.27. The van der Waals surface area contributed by atoms with Crippen molar-refractivity contribution in [2.75, 3.05) is 6.54 Å². The highest BCUT2D eigenvalue weighted by Gasteiger charge is 2.26. The second kappa shape index (κ2) is 7.60. The summed E-state index contributed by atoms with van der Waals surface area (Å²) in [6.45, 7) is 7.36. The molecule has 23 heavy (non-hydrogen) atoms. The van der Waals surface area contributed by atoms with E-state index in [1.165, 1.54) is 30.4 Å². The fourth-order valence-corrected chi connectivity index (χ4v) is 3.40. The third kappa shape index (κ3) is 4.32. The van der Waals surface area contributed by atoms with Crippen LogP contribution in [0.3, 0.4) is 0 Å². The van der Waals surface area contributed by atoms with E-state index in [2.05, 4.69) is 44.1 Å².